The Bertz CT molecular complexity index is 306. The van der Waals surface area contributed by atoms with Gasteiger partial charge in [-0.2, -0.15) is 0 Å². The highest BCUT2D eigenvalue weighted by molar-refractivity contribution is 4.78. The van der Waals surface area contributed by atoms with Gasteiger partial charge < -0.3 is 0 Å². The number of nitrogens with one attached hydrogen (secondary N) is 1. The largest absolute Gasteiger partial charge is 0.438 e. The molecule has 0 aliphatic heterocycles. The molecule has 0 aliphatic carbocycles. The van der Waals surface area contributed by atoms with Crippen LogP contribution in [-0.4, -0.2) is 10.1 Å². The van der Waals surface area contributed by atoms with Crippen LogP contribution in [0.5, 0.6) is 0 Å². The molecule has 1 aromatic heterocycles. The standard InChI is InChI=1S/C9H16N2O2/c1-9(2,3)6-4-5-7-10-8(12)13-11-7/h4-6H2,1-3H3,(H,10,11,12). The first kappa shape index (κ1) is 10.0. The molecular weight excluding hydrogens is 168 g/mol. The third kappa shape index (κ3) is 3.92. The number of hydrogen-bond donors (Lipinski definition) is 1. The summed E-state index contributed by atoms with van der Waals surface area (Å²) in [6.45, 7) is 6.58. The minimum absolute atomic E-state index is 0.337. The van der Waals surface area contributed by atoms with Crippen molar-refractivity contribution in [3.8, 4) is 0 Å². The third-order valence-corrected chi connectivity index (χ3v) is 1.83. The van der Waals surface area contributed by atoms with Crippen LogP contribution >= 0.6 is 0 Å². The minimum atomic E-state index is -0.467. The molecule has 0 atom stereocenters. The fraction of sp³-hybridized carbons (Fsp3) is 0.778. The van der Waals surface area contributed by atoms with Gasteiger partial charge in [-0.05, 0) is 18.3 Å². The zero-order chi connectivity index (χ0) is 9.90. The van der Waals surface area contributed by atoms with Gasteiger partial charge in [-0.1, -0.05) is 25.9 Å². The lowest BCUT2D eigenvalue weighted by molar-refractivity contribution is 0.357. The average Bonchev–Trinajstić information content (AvgIpc) is 2.33. The lowest BCUT2D eigenvalue weighted by Crippen LogP contribution is -2.05. The van der Waals surface area contributed by atoms with Crippen LogP contribution in [0.4, 0.5) is 0 Å². The van der Waals surface area contributed by atoms with Crippen LogP contribution in [-0.2, 0) is 6.42 Å². The first-order chi connectivity index (χ1) is 5.97. The quantitative estimate of drug-likeness (QED) is 0.778. The number of hydrogen-bond acceptors (Lipinski definition) is 3. The summed E-state index contributed by atoms with van der Waals surface area (Å²) < 4.78 is 4.39. The Hall–Kier alpha value is -1.06. The second-order valence-electron chi connectivity index (χ2n) is 4.46. The first-order valence-corrected chi connectivity index (χ1v) is 4.52. The molecule has 1 N–H and O–H groups in total. The fourth-order valence-corrected chi connectivity index (χ4v) is 1.15. The molecule has 0 aliphatic rings. The molecule has 0 aromatic carbocycles. The van der Waals surface area contributed by atoms with E-state index in [0.717, 1.165) is 19.3 Å². The van der Waals surface area contributed by atoms with E-state index in [-0.39, 0.29) is 0 Å². The van der Waals surface area contributed by atoms with Crippen molar-refractivity contribution >= 4 is 0 Å². The van der Waals surface area contributed by atoms with Crippen LogP contribution in [0.2, 0.25) is 0 Å². The van der Waals surface area contributed by atoms with Gasteiger partial charge in [0, 0.05) is 6.42 Å². The highest BCUT2D eigenvalue weighted by Crippen LogP contribution is 2.21. The van der Waals surface area contributed by atoms with Gasteiger partial charge in [0.2, 0.25) is 0 Å². The van der Waals surface area contributed by atoms with Crippen molar-refractivity contribution in [3.63, 3.8) is 0 Å². The first-order valence-electron chi connectivity index (χ1n) is 4.52. The van der Waals surface area contributed by atoms with E-state index >= 15 is 0 Å². The second kappa shape index (κ2) is 3.77. The SMILES string of the molecule is CC(C)(C)CCCc1noc(=O)[nH]1. The Morgan fingerprint density at radius 1 is 1.46 bits per heavy atom. The van der Waals surface area contributed by atoms with Crippen molar-refractivity contribution in [1.29, 1.82) is 0 Å². The van der Waals surface area contributed by atoms with Crippen molar-refractivity contribution in [2.75, 3.05) is 0 Å². The molecule has 0 radical (unpaired) electrons. The van der Waals surface area contributed by atoms with Crippen LogP contribution in [0.25, 0.3) is 0 Å². The molecule has 4 nitrogen and oxygen atoms in total. The molecule has 1 rings (SSSR count). The van der Waals surface area contributed by atoms with Gasteiger partial charge in [0.25, 0.3) is 0 Å². The van der Waals surface area contributed by atoms with Gasteiger partial charge >= 0.3 is 5.76 Å². The maximum atomic E-state index is 10.6. The summed E-state index contributed by atoms with van der Waals surface area (Å²) in [7, 11) is 0. The topological polar surface area (TPSA) is 58.9 Å². The molecule has 0 spiro atoms. The summed E-state index contributed by atoms with van der Waals surface area (Å²) in [5.74, 6) is 0.181. The summed E-state index contributed by atoms with van der Waals surface area (Å²) in [5, 5.41) is 3.59. The van der Waals surface area contributed by atoms with Gasteiger partial charge in [-0.3, -0.25) is 9.51 Å². The maximum Gasteiger partial charge on any atom is 0.438 e. The number of aryl methyl sites for hydroxylation is 1. The normalized spacial score (nSPS) is 11.9. The van der Waals surface area contributed by atoms with Gasteiger partial charge in [0.15, 0.2) is 5.82 Å². The van der Waals surface area contributed by atoms with Crippen LogP contribution in [0.1, 0.15) is 39.4 Å². The number of nitrogens with zero attached hydrogens (tertiary/aromatic N) is 1. The number of aromatic nitrogens is 2. The van der Waals surface area contributed by atoms with Crippen molar-refractivity contribution in [3.05, 3.63) is 16.4 Å². The predicted molar refractivity (Wildman–Crippen MR) is 49.5 cm³/mol. The van der Waals surface area contributed by atoms with E-state index in [1.165, 1.54) is 0 Å². The smallest absolute Gasteiger partial charge is 0.296 e. The second-order valence-corrected chi connectivity index (χ2v) is 4.46. The Morgan fingerprint density at radius 3 is 2.62 bits per heavy atom. The van der Waals surface area contributed by atoms with E-state index in [9.17, 15) is 4.79 Å². The zero-order valence-electron chi connectivity index (χ0n) is 8.39. The lowest BCUT2D eigenvalue weighted by Gasteiger charge is -2.16. The predicted octanol–water partition coefficient (Wildman–Crippen LogP) is 1.73. The summed E-state index contributed by atoms with van der Waals surface area (Å²) in [4.78, 5) is 13.1. The van der Waals surface area contributed by atoms with Crippen molar-refractivity contribution in [2.24, 2.45) is 5.41 Å². The molecule has 1 aromatic rings. The Morgan fingerprint density at radius 2 is 2.15 bits per heavy atom. The van der Waals surface area contributed by atoms with E-state index in [1.807, 2.05) is 0 Å². The Kier molecular flexibility index (Phi) is 2.90. The third-order valence-electron chi connectivity index (χ3n) is 1.83. The highest BCUT2D eigenvalue weighted by Gasteiger charge is 2.10. The van der Waals surface area contributed by atoms with E-state index in [4.69, 9.17) is 0 Å². The lowest BCUT2D eigenvalue weighted by atomic mass is 9.90. The van der Waals surface area contributed by atoms with E-state index in [2.05, 4.69) is 35.4 Å². The highest BCUT2D eigenvalue weighted by atomic mass is 16.5. The van der Waals surface area contributed by atoms with Crippen molar-refractivity contribution in [1.82, 2.24) is 10.1 Å². The molecule has 0 saturated heterocycles. The van der Waals surface area contributed by atoms with Crippen LogP contribution in [0.3, 0.4) is 0 Å². The zero-order valence-corrected chi connectivity index (χ0v) is 8.39. The molecule has 74 valence electrons. The number of rotatable bonds is 3. The molecular formula is C9H16N2O2. The van der Waals surface area contributed by atoms with Gasteiger partial charge in [0.1, 0.15) is 0 Å². The molecule has 0 amide bonds. The number of aromatic amines is 1. The van der Waals surface area contributed by atoms with Crippen LogP contribution < -0.4 is 5.76 Å². The molecule has 0 bridgehead atoms. The van der Waals surface area contributed by atoms with Crippen LogP contribution in [0, 0.1) is 5.41 Å². The van der Waals surface area contributed by atoms with E-state index in [1.54, 1.807) is 0 Å². The van der Waals surface area contributed by atoms with Gasteiger partial charge in [-0.25, -0.2) is 4.79 Å². The molecule has 4 heteroatoms. The summed E-state index contributed by atoms with van der Waals surface area (Å²) in [6.07, 6.45) is 2.91. The van der Waals surface area contributed by atoms with Gasteiger partial charge in [0.05, 0.1) is 0 Å². The summed E-state index contributed by atoms with van der Waals surface area (Å²) in [5.41, 5.74) is 0.337. The maximum absolute atomic E-state index is 10.6. The van der Waals surface area contributed by atoms with Gasteiger partial charge in [-0.15, -0.1) is 0 Å². The van der Waals surface area contributed by atoms with E-state index in [0.29, 0.717) is 11.2 Å². The fourth-order valence-electron chi connectivity index (χ4n) is 1.15. The average molecular weight is 184 g/mol. The molecule has 0 unspecified atom stereocenters. The van der Waals surface area contributed by atoms with E-state index < -0.39 is 5.76 Å². The molecule has 0 fully saturated rings. The minimum Gasteiger partial charge on any atom is -0.296 e. The number of H-pyrrole nitrogens is 1. The van der Waals surface area contributed by atoms with Crippen LogP contribution in [0.15, 0.2) is 9.32 Å². The monoisotopic (exact) mass is 184 g/mol. The summed E-state index contributed by atoms with van der Waals surface area (Å²) >= 11 is 0. The summed E-state index contributed by atoms with van der Waals surface area (Å²) in [6, 6.07) is 0. The Balaban J connectivity index is 2.32. The molecule has 0 saturated carbocycles. The Labute approximate surface area is 77.3 Å². The van der Waals surface area contributed by atoms with Crippen molar-refractivity contribution < 1.29 is 4.52 Å². The molecule has 1 heterocycles. The molecule has 13 heavy (non-hydrogen) atoms. The van der Waals surface area contributed by atoms with Crippen molar-refractivity contribution in [2.45, 2.75) is 40.0 Å².